The molecule has 26 heavy (non-hydrogen) atoms. The van der Waals surface area contributed by atoms with E-state index in [4.69, 9.17) is 16.3 Å². The Morgan fingerprint density at radius 1 is 1.19 bits per heavy atom. The first-order chi connectivity index (χ1) is 12.2. The molecule has 0 bridgehead atoms. The summed E-state index contributed by atoms with van der Waals surface area (Å²) in [5.41, 5.74) is -0.775. The Kier molecular flexibility index (Phi) is 6.37. The van der Waals surface area contributed by atoms with Gasteiger partial charge in [-0.1, -0.05) is 23.7 Å². The van der Waals surface area contributed by atoms with Crippen LogP contribution in [0.15, 0.2) is 42.5 Å². The van der Waals surface area contributed by atoms with Crippen LogP contribution in [0.3, 0.4) is 0 Å². The Bertz CT molecular complexity index is 781. The molecule has 0 saturated heterocycles. The van der Waals surface area contributed by atoms with E-state index in [9.17, 15) is 18.0 Å². The molecule has 0 saturated carbocycles. The van der Waals surface area contributed by atoms with Crippen LogP contribution in [0.25, 0.3) is 0 Å². The van der Waals surface area contributed by atoms with E-state index in [2.05, 4.69) is 10.6 Å². The molecule has 4 nitrogen and oxygen atoms in total. The molecule has 0 aliphatic rings. The molecule has 2 N–H and O–H groups in total. The highest BCUT2D eigenvalue weighted by atomic mass is 35.5. The van der Waals surface area contributed by atoms with E-state index >= 15 is 0 Å². The Morgan fingerprint density at radius 2 is 1.88 bits per heavy atom. The van der Waals surface area contributed by atoms with Crippen molar-refractivity contribution >= 4 is 28.9 Å². The summed E-state index contributed by atoms with van der Waals surface area (Å²) < 4.78 is 44.8. The molecule has 0 aromatic heterocycles. The molecule has 0 aliphatic carbocycles. The van der Waals surface area contributed by atoms with Crippen molar-refractivity contribution in [3.63, 3.8) is 0 Å². The molecule has 1 atom stereocenters. The zero-order valence-corrected chi connectivity index (χ0v) is 14.9. The van der Waals surface area contributed by atoms with Crippen molar-refractivity contribution in [2.45, 2.75) is 26.1 Å². The van der Waals surface area contributed by atoms with Crippen LogP contribution in [0.5, 0.6) is 5.75 Å². The molecule has 2 aromatic carbocycles. The largest absolute Gasteiger partial charge is 0.492 e. The fourth-order valence-corrected chi connectivity index (χ4v) is 2.44. The van der Waals surface area contributed by atoms with Gasteiger partial charge in [-0.05, 0) is 44.2 Å². The zero-order chi connectivity index (χ0) is 19.3. The monoisotopic (exact) mass is 386 g/mol. The van der Waals surface area contributed by atoms with E-state index in [-0.39, 0.29) is 10.7 Å². The van der Waals surface area contributed by atoms with E-state index in [0.29, 0.717) is 18.0 Å². The standard InChI is InChI=1S/C18H18ClF3N2O2/c1-3-26-16-7-5-4-6-15(16)23-11(2)17(25)24-14-9-8-12(19)10-13(14)18(20,21)22/h4-11,23H,3H2,1-2H3,(H,24,25). The molecular formula is C18H18ClF3N2O2. The molecule has 0 spiro atoms. The van der Waals surface area contributed by atoms with Crippen molar-refractivity contribution in [3.05, 3.63) is 53.1 Å². The minimum Gasteiger partial charge on any atom is -0.492 e. The quantitative estimate of drug-likeness (QED) is 0.717. The van der Waals surface area contributed by atoms with Crippen molar-refractivity contribution in [1.29, 1.82) is 0 Å². The lowest BCUT2D eigenvalue weighted by Gasteiger charge is -2.19. The molecule has 0 radical (unpaired) electrons. The normalized spacial score (nSPS) is 12.4. The third-order valence-electron chi connectivity index (χ3n) is 3.50. The maximum Gasteiger partial charge on any atom is 0.418 e. The number of hydrogen-bond donors (Lipinski definition) is 2. The molecule has 1 unspecified atom stereocenters. The predicted octanol–water partition coefficient (Wildman–Crippen LogP) is 5.20. The minimum atomic E-state index is -4.63. The second-order valence-corrected chi connectivity index (χ2v) is 5.91. The van der Waals surface area contributed by atoms with E-state index in [1.807, 2.05) is 6.92 Å². The van der Waals surface area contributed by atoms with Gasteiger partial charge < -0.3 is 15.4 Å². The topological polar surface area (TPSA) is 50.4 Å². The highest BCUT2D eigenvalue weighted by molar-refractivity contribution is 6.30. The van der Waals surface area contributed by atoms with Crippen molar-refractivity contribution in [3.8, 4) is 5.75 Å². The van der Waals surface area contributed by atoms with Crippen LogP contribution < -0.4 is 15.4 Å². The molecule has 0 aliphatic heterocycles. The SMILES string of the molecule is CCOc1ccccc1NC(C)C(=O)Nc1ccc(Cl)cc1C(F)(F)F. The number of ether oxygens (including phenoxy) is 1. The fraction of sp³-hybridized carbons (Fsp3) is 0.278. The van der Waals surface area contributed by atoms with Crippen LogP contribution in [-0.2, 0) is 11.0 Å². The van der Waals surface area contributed by atoms with Gasteiger partial charge in [-0.25, -0.2) is 0 Å². The van der Waals surface area contributed by atoms with Crippen molar-refractivity contribution in [2.75, 3.05) is 17.2 Å². The number of nitrogens with one attached hydrogen (secondary N) is 2. The number of halogens is 4. The van der Waals surface area contributed by atoms with Crippen LogP contribution in [0.2, 0.25) is 5.02 Å². The smallest absolute Gasteiger partial charge is 0.418 e. The van der Waals surface area contributed by atoms with Crippen LogP contribution in [0, 0.1) is 0 Å². The van der Waals surface area contributed by atoms with Gasteiger partial charge in [0.15, 0.2) is 0 Å². The number of benzene rings is 2. The fourth-order valence-electron chi connectivity index (χ4n) is 2.27. The van der Waals surface area contributed by atoms with Crippen molar-refractivity contribution in [1.82, 2.24) is 0 Å². The number of anilines is 2. The van der Waals surface area contributed by atoms with Gasteiger partial charge in [0.05, 0.1) is 23.5 Å². The van der Waals surface area contributed by atoms with Gasteiger partial charge in [0.2, 0.25) is 5.91 Å². The summed E-state index contributed by atoms with van der Waals surface area (Å²) >= 11 is 5.64. The van der Waals surface area contributed by atoms with Crippen molar-refractivity contribution in [2.24, 2.45) is 0 Å². The first kappa shape index (κ1) is 19.9. The van der Waals surface area contributed by atoms with Crippen LogP contribution in [-0.4, -0.2) is 18.6 Å². The van der Waals surface area contributed by atoms with Crippen molar-refractivity contribution < 1.29 is 22.7 Å². The van der Waals surface area contributed by atoms with E-state index in [1.165, 1.54) is 6.07 Å². The first-order valence-electron chi connectivity index (χ1n) is 7.88. The number of carbonyl (C=O) groups is 1. The van der Waals surface area contributed by atoms with Gasteiger partial charge in [0.1, 0.15) is 11.8 Å². The number of para-hydroxylation sites is 2. The summed E-state index contributed by atoms with van der Waals surface area (Å²) in [7, 11) is 0. The molecule has 1 amide bonds. The van der Waals surface area contributed by atoms with E-state index in [0.717, 1.165) is 12.1 Å². The van der Waals surface area contributed by atoms with Gasteiger partial charge in [-0.15, -0.1) is 0 Å². The highest BCUT2D eigenvalue weighted by Gasteiger charge is 2.34. The lowest BCUT2D eigenvalue weighted by atomic mass is 10.1. The second kappa shape index (κ2) is 8.31. The van der Waals surface area contributed by atoms with Gasteiger partial charge in [-0.2, -0.15) is 13.2 Å². The maximum atomic E-state index is 13.1. The lowest BCUT2D eigenvalue weighted by molar-refractivity contribution is -0.137. The number of carbonyl (C=O) groups excluding carboxylic acids is 1. The Hall–Kier alpha value is -2.41. The van der Waals surface area contributed by atoms with Gasteiger partial charge in [0, 0.05) is 5.02 Å². The van der Waals surface area contributed by atoms with E-state index in [1.54, 1.807) is 31.2 Å². The minimum absolute atomic E-state index is 0.0628. The summed E-state index contributed by atoms with van der Waals surface area (Å²) in [5, 5.41) is 5.17. The average molecular weight is 387 g/mol. The predicted molar refractivity (Wildman–Crippen MR) is 95.8 cm³/mol. The van der Waals surface area contributed by atoms with Gasteiger partial charge >= 0.3 is 6.18 Å². The summed E-state index contributed by atoms with van der Waals surface area (Å²) in [6, 6.07) is 9.39. The van der Waals surface area contributed by atoms with Gasteiger partial charge in [-0.3, -0.25) is 4.79 Å². The van der Waals surface area contributed by atoms with Crippen LogP contribution >= 0.6 is 11.6 Å². The molecular weight excluding hydrogens is 369 g/mol. The van der Waals surface area contributed by atoms with Crippen LogP contribution in [0.4, 0.5) is 24.5 Å². The average Bonchev–Trinajstić information content (AvgIpc) is 2.57. The Morgan fingerprint density at radius 3 is 2.54 bits per heavy atom. The third kappa shape index (κ3) is 5.05. The summed E-state index contributed by atoms with van der Waals surface area (Å²) in [4.78, 5) is 12.3. The van der Waals surface area contributed by atoms with E-state index < -0.39 is 23.7 Å². The van der Waals surface area contributed by atoms with Crippen LogP contribution in [0.1, 0.15) is 19.4 Å². The maximum absolute atomic E-state index is 13.1. The lowest BCUT2D eigenvalue weighted by Crippen LogP contribution is -2.32. The second-order valence-electron chi connectivity index (χ2n) is 5.47. The molecule has 0 fully saturated rings. The zero-order valence-electron chi connectivity index (χ0n) is 14.2. The van der Waals surface area contributed by atoms with Gasteiger partial charge in [0.25, 0.3) is 0 Å². The molecule has 0 heterocycles. The summed E-state index contributed by atoms with van der Waals surface area (Å²) in [6.45, 7) is 3.81. The highest BCUT2D eigenvalue weighted by Crippen LogP contribution is 2.36. The number of rotatable bonds is 6. The Labute approximate surface area is 154 Å². The molecule has 2 aromatic rings. The molecule has 8 heteroatoms. The summed E-state index contributed by atoms with van der Waals surface area (Å²) in [5.74, 6) is -0.0683. The summed E-state index contributed by atoms with van der Waals surface area (Å²) in [6.07, 6.45) is -4.63. The number of amides is 1. The number of alkyl halides is 3. The third-order valence-corrected chi connectivity index (χ3v) is 3.73. The molecule has 2 rings (SSSR count). The Balaban J connectivity index is 2.16. The molecule has 140 valence electrons. The number of hydrogen-bond acceptors (Lipinski definition) is 3. The first-order valence-corrected chi connectivity index (χ1v) is 8.26.